The Morgan fingerprint density at radius 1 is 1.40 bits per heavy atom. The van der Waals surface area contributed by atoms with Crippen molar-refractivity contribution < 1.29 is 0 Å². The molecule has 0 spiro atoms. The van der Waals surface area contributed by atoms with Gasteiger partial charge >= 0.3 is 0 Å². The van der Waals surface area contributed by atoms with Crippen LogP contribution in [-0.4, -0.2) is 16.5 Å². The van der Waals surface area contributed by atoms with Gasteiger partial charge in [-0.05, 0) is 24.4 Å². The minimum absolute atomic E-state index is 0.170. The van der Waals surface area contributed by atoms with Gasteiger partial charge in [-0.2, -0.15) is 0 Å². The molecule has 3 heteroatoms. The highest BCUT2D eigenvalue weighted by molar-refractivity contribution is 5.08. The van der Waals surface area contributed by atoms with Gasteiger partial charge in [-0.3, -0.25) is 0 Å². The van der Waals surface area contributed by atoms with Crippen LogP contribution >= 0.6 is 0 Å². The van der Waals surface area contributed by atoms with E-state index in [0.717, 1.165) is 18.7 Å². The molecule has 0 amide bonds. The van der Waals surface area contributed by atoms with E-state index in [1.165, 1.54) is 0 Å². The number of nitrogens with zero attached hydrogens (tertiary/aromatic N) is 2. The SMILES string of the molecule is CCCNC(c1ccncn1)C(C)(C)C. The number of hydrogen-bond donors (Lipinski definition) is 1. The standard InChI is InChI=1S/C12H21N3/c1-5-7-14-11(12(2,3)4)10-6-8-13-9-15-10/h6,8-9,11,14H,5,7H2,1-4H3. The summed E-state index contributed by atoms with van der Waals surface area (Å²) in [5.41, 5.74) is 1.25. The van der Waals surface area contributed by atoms with E-state index >= 15 is 0 Å². The van der Waals surface area contributed by atoms with Crippen LogP contribution < -0.4 is 5.32 Å². The second kappa shape index (κ2) is 5.21. The van der Waals surface area contributed by atoms with Crippen molar-refractivity contribution in [3.8, 4) is 0 Å². The topological polar surface area (TPSA) is 37.8 Å². The molecule has 1 aromatic heterocycles. The molecule has 1 aromatic rings. The Morgan fingerprint density at radius 2 is 2.13 bits per heavy atom. The molecule has 0 bridgehead atoms. The van der Waals surface area contributed by atoms with Gasteiger partial charge in [0.15, 0.2) is 0 Å². The lowest BCUT2D eigenvalue weighted by molar-refractivity contribution is 0.268. The quantitative estimate of drug-likeness (QED) is 0.824. The summed E-state index contributed by atoms with van der Waals surface area (Å²) in [7, 11) is 0. The Labute approximate surface area is 92.3 Å². The molecule has 3 nitrogen and oxygen atoms in total. The minimum atomic E-state index is 0.170. The lowest BCUT2D eigenvalue weighted by atomic mass is 9.84. The predicted molar refractivity (Wildman–Crippen MR) is 62.5 cm³/mol. The average molecular weight is 207 g/mol. The van der Waals surface area contributed by atoms with Crippen LogP contribution in [0, 0.1) is 5.41 Å². The maximum absolute atomic E-state index is 4.32. The molecule has 1 rings (SSSR count). The van der Waals surface area contributed by atoms with Crippen molar-refractivity contribution in [2.24, 2.45) is 5.41 Å². The summed E-state index contributed by atoms with van der Waals surface area (Å²) in [4.78, 5) is 8.28. The van der Waals surface area contributed by atoms with Crippen LogP contribution in [0.3, 0.4) is 0 Å². The summed E-state index contributed by atoms with van der Waals surface area (Å²) in [6, 6.07) is 2.28. The third-order valence-electron chi connectivity index (χ3n) is 2.37. The fourth-order valence-electron chi connectivity index (χ4n) is 1.61. The second-order valence-electron chi connectivity index (χ2n) is 4.89. The van der Waals surface area contributed by atoms with Crippen LogP contribution in [0.5, 0.6) is 0 Å². The molecule has 0 fully saturated rings. The minimum Gasteiger partial charge on any atom is -0.308 e. The van der Waals surface area contributed by atoms with E-state index in [4.69, 9.17) is 0 Å². The summed E-state index contributed by atoms with van der Waals surface area (Å²) < 4.78 is 0. The summed E-state index contributed by atoms with van der Waals surface area (Å²) in [6.07, 6.45) is 4.55. The molecule has 1 N–H and O–H groups in total. The average Bonchev–Trinajstić information content (AvgIpc) is 2.18. The molecule has 0 aromatic carbocycles. The Balaban J connectivity index is 2.82. The second-order valence-corrected chi connectivity index (χ2v) is 4.89. The summed E-state index contributed by atoms with van der Waals surface area (Å²) >= 11 is 0. The van der Waals surface area contributed by atoms with Crippen LogP contribution in [0.2, 0.25) is 0 Å². The number of rotatable bonds is 4. The van der Waals surface area contributed by atoms with Gasteiger partial charge in [0.05, 0.1) is 11.7 Å². The van der Waals surface area contributed by atoms with Gasteiger partial charge in [-0.25, -0.2) is 9.97 Å². The van der Waals surface area contributed by atoms with Crippen LogP contribution in [-0.2, 0) is 0 Å². The van der Waals surface area contributed by atoms with Crippen molar-refractivity contribution in [1.82, 2.24) is 15.3 Å². The highest BCUT2D eigenvalue weighted by atomic mass is 15.0. The van der Waals surface area contributed by atoms with Crippen LogP contribution in [0.15, 0.2) is 18.6 Å². The maximum atomic E-state index is 4.32. The zero-order valence-electron chi connectivity index (χ0n) is 10.1. The zero-order chi connectivity index (χ0) is 11.3. The number of aromatic nitrogens is 2. The summed E-state index contributed by atoms with van der Waals surface area (Å²) in [6.45, 7) is 9.87. The van der Waals surface area contributed by atoms with Gasteiger partial charge in [0.2, 0.25) is 0 Å². The van der Waals surface area contributed by atoms with E-state index in [9.17, 15) is 0 Å². The fourth-order valence-corrected chi connectivity index (χ4v) is 1.61. The molecule has 0 aliphatic carbocycles. The highest BCUT2D eigenvalue weighted by Crippen LogP contribution is 2.31. The van der Waals surface area contributed by atoms with E-state index in [2.05, 4.69) is 43.0 Å². The Hall–Kier alpha value is -0.960. The largest absolute Gasteiger partial charge is 0.308 e. The van der Waals surface area contributed by atoms with E-state index < -0.39 is 0 Å². The van der Waals surface area contributed by atoms with Crippen LogP contribution in [0.1, 0.15) is 45.9 Å². The lowest BCUT2D eigenvalue weighted by Gasteiger charge is -2.31. The molecule has 1 unspecified atom stereocenters. The van der Waals surface area contributed by atoms with Crippen molar-refractivity contribution >= 4 is 0 Å². The lowest BCUT2D eigenvalue weighted by Crippen LogP contribution is -2.33. The molecule has 0 aliphatic rings. The third kappa shape index (κ3) is 3.59. The normalized spacial score (nSPS) is 13.9. The van der Waals surface area contributed by atoms with Gasteiger partial charge in [-0.1, -0.05) is 27.7 Å². The smallest absolute Gasteiger partial charge is 0.115 e. The van der Waals surface area contributed by atoms with Gasteiger partial charge in [-0.15, -0.1) is 0 Å². The zero-order valence-corrected chi connectivity index (χ0v) is 10.1. The molecule has 0 saturated carbocycles. The molecule has 0 aliphatic heterocycles. The van der Waals surface area contributed by atoms with Crippen LogP contribution in [0.4, 0.5) is 0 Å². The Bertz CT molecular complexity index is 277. The van der Waals surface area contributed by atoms with Gasteiger partial charge in [0.25, 0.3) is 0 Å². The van der Waals surface area contributed by atoms with Crippen molar-refractivity contribution in [3.05, 3.63) is 24.3 Å². The molecular formula is C12H21N3. The predicted octanol–water partition coefficient (Wildman–Crippen LogP) is 2.56. The van der Waals surface area contributed by atoms with Gasteiger partial charge < -0.3 is 5.32 Å². The Kier molecular flexibility index (Phi) is 4.21. The Morgan fingerprint density at radius 3 is 2.60 bits per heavy atom. The highest BCUT2D eigenvalue weighted by Gasteiger charge is 2.26. The maximum Gasteiger partial charge on any atom is 0.115 e. The summed E-state index contributed by atoms with van der Waals surface area (Å²) in [5, 5.41) is 3.54. The first-order valence-corrected chi connectivity index (χ1v) is 5.55. The first kappa shape index (κ1) is 12.1. The van der Waals surface area contributed by atoms with Crippen molar-refractivity contribution in [2.45, 2.75) is 40.2 Å². The molecule has 0 saturated heterocycles. The van der Waals surface area contributed by atoms with Crippen molar-refractivity contribution in [3.63, 3.8) is 0 Å². The van der Waals surface area contributed by atoms with Gasteiger partial charge in [0, 0.05) is 6.20 Å². The first-order chi connectivity index (χ1) is 7.05. The molecular weight excluding hydrogens is 186 g/mol. The van der Waals surface area contributed by atoms with Crippen LogP contribution in [0.25, 0.3) is 0 Å². The third-order valence-corrected chi connectivity index (χ3v) is 2.37. The fraction of sp³-hybridized carbons (Fsp3) is 0.667. The molecule has 0 radical (unpaired) electrons. The van der Waals surface area contributed by atoms with Gasteiger partial charge in [0.1, 0.15) is 6.33 Å². The molecule has 1 atom stereocenters. The van der Waals surface area contributed by atoms with Crippen molar-refractivity contribution in [1.29, 1.82) is 0 Å². The molecule has 84 valence electrons. The van der Waals surface area contributed by atoms with Crippen molar-refractivity contribution in [2.75, 3.05) is 6.54 Å². The first-order valence-electron chi connectivity index (χ1n) is 5.55. The van der Waals surface area contributed by atoms with E-state index in [0.29, 0.717) is 6.04 Å². The number of hydrogen-bond acceptors (Lipinski definition) is 3. The molecule has 15 heavy (non-hydrogen) atoms. The molecule has 1 heterocycles. The van der Waals surface area contributed by atoms with E-state index in [-0.39, 0.29) is 5.41 Å². The number of nitrogens with one attached hydrogen (secondary N) is 1. The van der Waals surface area contributed by atoms with E-state index in [1.54, 1.807) is 12.5 Å². The monoisotopic (exact) mass is 207 g/mol. The summed E-state index contributed by atoms with van der Waals surface area (Å²) in [5.74, 6) is 0. The van der Waals surface area contributed by atoms with E-state index in [1.807, 2.05) is 6.07 Å².